The minimum Gasteiger partial charge on any atom is -0.361 e. The first kappa shape index (κ1) is 21.6. The zero-order valence-electron chi connectivity index (χ0n) is 19.6. The lowest BCUT2D eigenvalue weighted by Gasteiger charge is -2.40. The first-order chi connectivity index (χ1) is 16.0. The van der Waals surface area contributed by atoms with E-state index in [1.807, 2.05) is 0 Å². The quantitative estimate of drug-likeness (QED) is 0.481. The fourth-order valence-electron chi connectivity index (χ4n) is 4.79. The molecule has 1 saturated heterocycles. The van der Waals surface area contributed by atoms with Crippen LogP contribution in [-0.4, -0.2) is 35.5 Å². The van der Waals surface area contributed by atoms with E-state index in [1.54, 1.807) is 0 Å². The second-order valence-electron chi connectivity index (χ2n) is 9.41. The minimum absolute atomic E-state index is 0.674. The fourth-order valence-corrected chi connectivity index (χ4v) is 4.79. The molecule has 5 rings (SSSR count). The van der Waals surface area contributed by atoms with E-state index in [1.165, 1.54) is 46.9 Å². The summed E-state index contributed by atoms with van der Waals surface area (Å²) in [5.74, 6) is 1.79. The monoisotopic (exact) mass is 442 g/mol. The van der Waals surface area contributed by atoms with Gasteiger partial charge in [-0.25, -0.2) is 0 Å². The Bertz CT molecular complexity index is 1180. The van der Waals surface area contributed by atoms with Crippen LogP contribution in [0.5, 0.6) is 0 Å². The van der Waals surface area contributed by atoms with E-state index >= 15 is 0 Å². The summed E-state index contributed by atoms with van der Waals surface area (Å²) in [7, 11) is 0. The Morgan fingerprint density at radius 3 is 2.55 bits per heavy atom. The molecule has 2 aliphatic heterocycles. The molecule has 3 heterocycles. The lowest BCUT2D eigenvalue weighted by Crippen LogP contribution is -2.61. The molecule has 0 bridgehead atoms. The number of aryl methyl sites for hydroxylation is 2. The first-order valence-corrected chi connectivity index (χ1v) is 12.0. The number of rotatable bonds is 5. The summed E-state index contributed by atoms with van der Waals surface area (Å²) in [5, 5.41) is 8.27. The molecule has 6 heteroatoms. The molecule has 2 aromatic carbocycles. The van der Waals surface area contributed by atoms with Gasteiger partial charge < -0.3 is 26.3 Å². The van der Waals surface area contributed by atoms with E-state index in [-0.39, 0.29) is 0 Å². The summed E-state index contributed by atoms with van der Waals surface area (Å²) in [6, 6.07) is 14.9. The standard InChI is InChI=1S/C27H34N6/c1-19-6-9-22(10-7-19)27(28)17-25(33-14-4-3-5-15-33)31-26(32-27)29-13-12-21-18-30-24-11-8-20(2)16-23(21)24/h6-11,16-18,30H,3-5,12-15,28H2,1-2H3,(H2,29,31,32). The summed E-state index contributed by atoms with van der Waals surface area (Å²) >= 11 is 0. The number of likely N-dealkylation sites (tertiary alicyclic amines) is 1. The van der Waals surface area contributed by atoms with Crippen molar-refractivity contribution in [1.82, 2.24) is 20.5 Å². The molecule has 1 aromatic heterocycles. The molecule has 0 amide bonds. The molecule has 1 atom stereocenters. The van der Waals surface area contributed by atoms with Gasteiger partial charge in [0.1, 0.15) is 11.5 Å². The summed E-state index contributed by atoms with van der Waals surface area (Å²) in [4.78, 5) is 10.7. The van der Waals surface area contributed by atoms with Crippen molar-refractivity contribution < 1.29 is 0 Å². The zero-order valence-corrected chi connectivity index (χ0v) is 19.6. The number of fused-ring (bicyclic) bond motifs is 1. The number of benzene rings is 2. The number of hydrogen-bond donors (Lipinski definition) is 4. The van der Waals surface area contributed by atoms with Crippen molar-refractivity contribution in [3.05, 3.63) is 82.8 Å². The number of H-pyrrole nitrogens is 1. The van der Waals surface area contributed by atoms with Crippen molar-refractivity contribution in [2.24, 2.45) is 10.7 Å². The lowest BCUT2D eigenvalue weighted by molar-refractivity contribution is 0.265. The Morgan fingerprint density at radius 2 is 1.76 bits per heavy atom. The van der Waals surface area contributed by atoms with Crippen molar-refractivity contribution in [1.29, 1.82) is 0 Å². The summed E-state index contributed by atoms with van der Waals surface area (Å²) in [5.41, 5.74) is 12.1. The smallest absolute Gasteiger partial charge is 0.198 e. The molecule has 1 fully saturated rings. The molecular formula is C27H34N6. The Balaban J connectivity index is 1.39. The highest BCUT2D eigenvalue weighted by molar-refractivity contribution is 5.85. The van der Waals surface area contributed by atoms with Gasteiger partial charge in [0, 0.05) is 42.8 Å². The van der Waals surface area contributed by atoms with Crippen molar-refractivity contribution >= 4 is 16.9 Å². The Labute approximate surface area is 196 Å². The summed E-state index contributed by atoms with van der Waals surface area (Å²) in [6.45, 7) is 6.99. The third kappa shape index (κ3) is 4.62. The van der Waals surface area contributed by atoms with E-state index < -0.39 is 5.66 Å². The molecular weight excluding hydrogens is 408 g/mol. The third-order valence-electron chi connectivity index (χ3n) is 6.74. The van der Waals surface area contributed by atoms with Gasteiger partial charge in [-0.3, -0.25) is 4.99 Å². The van der Waals surface area contributed by atoms with Crippen molar-refractivity contribution in [3.63, 3.8) is 0 Å². The second kappa shape index (κ2) is 8.94. The van der Waals surface area contributed by atoms with Crippen LogP contribution in [0.1, 0.15) is 41.5 Å². The van der Waals surface area contributed by atoms with E-state index in [9.17, 15) is 0 Å². The van der Waals surface area contributed by atoms with Crippen LogP contribution < -0.4 is 16.4 Å². The summed E-state index contributed by atoms with van der Waals surface area (Å²) in [6.07, 6.45) is 8.79. The second-order valence-corrected chi connectivity index (χ2v) is 9.41. The Morgan fingerprint density at radius 1 is 1.00 bits per heavy atom. The predicted molar refractivity (Wildman–Crippen MR) is 136 cm³/mol. The largest absolute Gasteiger partial charge is 0.361 e. The van der Waals surface area contributed by atoms with Gasteiger partial charge in [0.05, 0.1) is 0 Å². The van der Waals surface area contributed by atoms with Crippen molar-refractivity contribution in [2.45, 2.75) is 45.2 Å². The van der Waals surface area contributed by atoms with Gasteiger partial charge in [-0.15, -0.1) is 0 Å². The van der Waals surface area contributed by atoms with Crippen LogP contribution in [0.3, 0.4) is 0 Å². The number of aromatic nitrogens is 1. The highest BCUT2D eigenvalue weighted by Crippen LogP contribution is 2.25. The number of piperidine rings is 1. The number of hydrogen-bond acceptors (Lipinski definition) is 3. The van der Waals surface area contributed by atoms with E-state index in [0.29, 0.717) is 6.54 Å². The molecule has 0 spiro atoms. The average molecular weight is 443 g/mol. The van der Waals surface area contributed by atoms with Crippen LogP contribution >= 0.6 is 0 Å². The lowest BCUT2D eigenvalue weighted by atomic mass is 9.97. The first-order valence-electron chi connectivity index (χ1n) is 12.0. The molecule has 0 aliphatic carbocycles. The van der Waals surface area contributed by atoms with Gasteiger partial charge in [-0.05, 0) is 62.8 Å². The molecule has 1 unspecified atom stereocenters. The number of aromatic amines is 1. The van der Waals surface area contributed by atoms with Crippen molar-refractivity contribution in [3.8, 4) is 0 Å². The Hall–Kier alpha value is -3.25. The van der Waals surface area contributed by atoms with E-state index in [0.717, 1.165) is 36.9 Å². The van der Waals surface area contributed by atoms with E-state index in [4.69, 9.17) is 10.7 Å². The van der Waals surface area contributed by atoms with E-state index in [2.05, 4.69) is 89.1 Å². The number of nitrogens with one attached hydrogen (secondary N) is 3. The fraction of sp³-hybridized carbons (Fsp3) is 0.370. The highest BCUT2D eigenvalue weighted by atomic mass is 15.4. The van der Waals surface area contributed by atoms with Gasteiger partial charge in [0.2, 0.25) is 0 Å². The molecule has 33 heavy (non-hydrogen) atoms. The molecule has 0 saturated carbocycles. The normalized spacial score (nSPS) is 22.2. The van der Waals surface area contributed by atoms with Gasteiger partial charge in [-0.2, -0.15) is 0 Å². The number of nitrogens with two attached hydrogens (primary N) is 1. The average Bonchev–Trinajstić information content (AvgIpc) is 3.22. The molecule has 2 aliphatic rings. The predicted octanol–water partition coefficient (Wildman–Crippen LogP) is 4.02. The van der Waals surface area contributed by atoms with Crippen LogP contribution in [-0.2, 0) is 12.1 Å². The molecule has 3 aromatic rings. The maximum atomic E-state index is 6.94. The third-order valence-corrected chi connectivity index (χ3v) is 6.74. The number of nitrogens with zero attached hydrogens (tertiary/aromatic N) is 2. The SMILES string of the molecule is Cc1ccc(C2(N)C=C(N3CCCCC3)NC(=NCCc3c[nH]c4ccc(C)cc34)N2)cc1. The molecule has 0 radical (unpaired) electrons. The maximum absolute atomic E-state index is 6.94. The highest BCUT2D eigenvalue weighted by Gasteiger charge is 2.33. The van der Waals surface area contributed by atoms with Gasteiger partial charge in [0.25, 0.3) is 0 Å². The van der Waals surface area contributed by atoms with Gasteiger partial charge in [-0.1, -0.05) is 41.5 Å². The molecule has 5 N–H and O–H groups in total. The van der Waals surface area contributed by atoms with Crippen LogP contribution in [0, 0.1) is 13.8 Å². The van der Waals surface area contributed by atoms with Crippen LogP contribution in [0.2, 0.25) is 0 Å². The molecule has 6 nitrogen and oxygen atoms in total. The topological polar surface area (TPSA) is 81.5 Å². The number of guanidine groups is 1. The zero-order chi connectivity index (χ0) is 22.8. The van der Waals surface area contributed by atoms with Gasteiger partial charge >= 0.3 is 0 Å². The molecule has 172 valence electrons. The van der Waals surface area contributed by atoms with Crippen LogP contribution in [0.15, 0.2) is 65.6 Å². The summed E-state index contributed by atoms with van der Waals surface area (Å²) < 4.78 is 0. The Kier molecular flexibility index (Phi) is 5.85. The maximum Gasteiger partial charge on any atom is 0.198 e. The van der Waals surface area contributed by atoms with Crippen LogP contribution in [0.4, 0.5) is 0 Å². The van der Waals surface area contributed by atoms with Crippen molar-refractivity contribution in [2.75, 3.05) is 19.6 Å². The van der Waals surface area contributed by atoms with Gasteiger partial charge in [0.15, 0.2) is 5.96 Å². The van der Waals surface area contributed by atoms with Crippen LogP contribution in [0.25, 0.3) is 10.9 Å². The minimum atomic E-state index is -0.803. The number of aliphatic imine (C=N–C) groups is 1.